The Morgan fingerprint density at radius 2 is 2.12 bits per heavy atom. The van der Waals surface area contributed by atoms with Gasteiger partial charge in [0.15, 0.2) is 0 Å². The van der Waals surface area contributed by atoms with Crippen molar-refractivity contribution in [3.63, 3.8) is 0 Å². The molecule has 3 fully saturated rings. The maximum absolute atomic E-state index is 6.21. The van der Waals surface area contributed by atoms with Crippen molar-refractivity contribution in [2.75, 3.05) is 18.8 Å². The lowest BCUT2D eigenvalue weighted by atomic mass is 9.82. The third-order valence-electron chi connectivity index (χ3n) is 5.60. The van der Waals surface area contributed by atoms with Crippen molar-refractivity contribution in [3.8, 4) is 0 Å². The lowest BCUT2D eigenvalue weighted by molar-refractivity contribution is 0.0576. The topological polar surface area (TPSA) is 29.3 Å². The molecule has 2 heterocycles. The molecule has 2 N–H and O–H groups in total. The number of thioether (sulfide) groups is 1. The summed E-state index contributed by atoms with van der Waals surface area (Å²) in [5.41, 5.74) is 6.54. The highest BCUT2D eigenvalue weighted by Gasteiger charge is 2.50. The summed E-state index contributed by atoms with van der Waals surface area (Å²) in [6, 6.07) is 0.869. The summed E-state index contributed by atoms with van der Waals surface area (Å²) in [7, 11) is 0. The number of hydrogen-bond acceptors (Lipinski definition) is 3. The van der Waals surface area contributed by atoms with Crippen molar-refractivity contribution in [3.05, 3.63) is 0 Å². The zero-order valence-electron chi connectivity index (χ0n) is 11.0. The van der Waals surface area contributed by atoms with Crippen LogP contribution in [-0.2, 0) is 0 Å². The zero-order valence-corrected chi connectivity index (χ0v) is 11.8. The molecule has 98 valence electrons. The minimum atomic E-state index is 0.335. The second kappa shape index (κ2) is 4.75. The van der Waals surface area contributed by atoms with E-state index in [0.29, 0.717) is 5.54 Å². The van der Waals surface area contributed by atoms with Gasteiger partial charge in [0.2, 0.25) is 0 Å². The molecule has 1 saturated carbocycles. The van der Waals surface area contributed by atoms with Crippen LogP contribution in [0.4, 0.5) is 0 Å². The van der Waals surface area contributed by atoms with Crippen LogP contribution in [-0.4, -0.2) is 40.6 Å². The van der Waals surface area contributed by atoms with E-state index in [0.717, 1.165) is 23.8 Å². The van der Waals surface area contributed by atoms with Crippen molar-refractivity contribution in [2.24, 2.45) is 11.7 Å². The molecular formula is C14H26N2S. The average Bonchev–Trinajstić information content (AvgIpc) is 2.93. The fourth-order valence-corrected chi connectivity index (χ4v) is 5.98. The highest BCUT2D eigenvalue weighted by atomic mass is 32.2. The standard InChI is InChI=1S/C14H26N2S/c1-11-14(10-15,7-9-17-11)16-8-6-12-4-2-3-5-13(12)16/h11-13H,2-10,15H2,1H3. The van der Waals surface area contributed by atoms with E-state index in [1.807, 2.05) is 0 Å². The quantitative estimate of drug-likeness (QED) is 0.821. The normalized spacial score (nSPS) is 47.3. The van der Waals surface area contributed by atoms with Gasteiger partial charge in [0.05, 0.1) is 0 Å². The molecule has 0 spiro atoms. The van der Waals surface area contributed by atoms with Gasteiger partial charge in [0, 0.05) is 23.4 Å². The highest BCUT2D eigenvalue weighted by Crippen LogP contribution is 2.47. The van der Waals surface area contributed by atoms with E-state index in [1.165, 1.54) is 50.8 Å². The minimum Gasteiger partial charge on any atom is -0.329 e. The SMILES string of the molecule is CC1SCCC1(CN)N1CCC2CCCCC21. The zero-order chi connectivity index (χ0) is 11.9. The molecule has 0 radical (unpaired) electrons. The third kappa shape index (κ3) is 1.85. The summed E-state index contributed by atoms with van der Waals surface area (Å²) < 4.78 is 0. The molecule has 2 aliphatic heterocycles. The Balaban J connectivity index is 1.82. The van der Waals surface area contributed by atoms with E-state index in [9.17, 15) is 0 Å². The number of hydrogen-bond donors (Lipinski definition) is 1. The van der Waals surface area contributed by atoms with Gasteiger partial charge in [-0.05, 0) is 43.9 Å². The predicted molar refractivity (Wildman–Crippen MR) is 75.4 cm³/mol. The monoisotopic (exact) mass is 254 g/mol. The first-order valence-corrected chi connectivity index (χ1v) is 8.41. The van der Waals surface area contributed by atoms with Gasteiger partial charge in [-0.25, -0.2) is 0 Å². The number of nitrogens with two attached hydrogens (primary N) is 1. The largest absolute Gasteiger partial charge is 0.329 e. The summed E-state index contributed by atoms with van der Waals surface area (Å²) in [5.74, 6) is 2.30. The Labute approximate surface area is 110 Å². The number of likely N-dealkylation sites (tertiary alicyclic amines) is 1. The Morgan fingerprint density at radius 1 is 1.29 bits per heavy atom. The van der Waals surface area contributed by atoms with E-state index in [-0.39, 0.29) is 0 Å². The van der Waals surface area contributed by atoms with Crippen LogP contribution in [0.2, 0.25) is 0 Å². The van der Waals surface area contributed by atoms with Gasteiger partial charge < -0.3 is 5.73 Å². The van der Waals surface area contributed by atoms with Crippen LogP contribution in [0.25, 0.3) is 0 Å². The van der Waals surface area contributed by atoms with Crippen LogP contribution in [0.3, 0.4) is 0 Å². The summed E-state index contributed by atoms with van der Waals surface area (Å²) in [5, 5.41) is 0.730. The fraction of sp³-hybridized carbons (Fsp3) is 1.00. The van der Waals surface area contributed by atoms with Gasteiger partial charge in [-0.15, -0.1) is 0 Å². The first-order chi connectivity index (χ1) is 8.28. The van der Waals surface area contributed by atoms with E-state index in [1.54, 1.807) is 0 Å². The van der Waals surface area contributed by atoms with Gasteiger partial charge >= 0.3 is 0 Å². The lowest BCUT2D eigenvalue weighted by Gasteiger charge is -2.46. The van der Waals surface area contributed by atoms with Gasteiger partial charge in [-0.2, -0.15) is 11.8 Å². The maximum Gasteiger partial charge on any atom is 0.0458 e. The summed E-state index contributed by atoms with van der Waals surface area (Å²) in [6.45, 7) is 4.59. The Hall–Kier alpha value is 0.270. The molecule has 0 aromatic rings. The predicted octanol–water partition coefficient (Wildman–Crippen LogP) is 2.47. The molecule has 3 heteroatoms. The summed E-state index contributed by atoms with van der Waals surface area (Å²) in [4.78, 5) is 2.85. The minimum absolute atomic E-state index is 0.335. The molecule has 4 unspecified atom stereocenters. The van der Waals surface area contributed by atoms with Crippen molar-refractivity contribution in [2.45, 2.75) is 62.3 Å². The molecule has 17 heavy (non-hydrogen) atoms. The molecule has 0 bridgehead atoms. The Bertz CT molecular complexity index is 283. The van der Waals surface area contributed by atoms with Crippen LogP contribution in [0.1, 0.15) is 45.4 Å². The third-order valence-corrected chi connectivity index (χ3v) is 6.97. The molecule has 2 nitrogen and oxygen atoms in total. The molecule has 2 saturated heterocycles. The second-order valence-corrected chi connectivity index (χ2v) is 7.61. The van der Waals surface area contributed by atoms with Gasteiger partial charge in [0.1, 0.15) is 0 Å². The van der Waals surface area contributed by atoms with Gasteiger partial charge in [-0.1, -0.05) is 19.8 Å². The van der Waals surface area contributed by atoms with Crippen LogP contribution in [0.15, 0.2) is 0 Å². The first-order valence-electron chi connectivity index (χ1n) is 7.36. The van der Waals surface area contributed by atoms with Crippen LogP contribution < -0.4 is 5.73 Å². The Kier molecular flexibility index (Phi) is 3.44. The molecule has 3 aliphatic rings. The number of nitrogens with zero attached hydrogens (tertiary/aromatic N) is 1. The average molecular weight is 254 g/mol. The van der Waals surface area contributed by atoms with E-state index in [2.05, 4.69) is 23.6 Å². The maximum atomic E-state index is 6.21. The van der Waals surface area contributed by atoms with Gasteiger partial charge in [-0.3, -0.25) is 4.90 Å². The molecule has 0 amide bonds. The molecule has 0 aromatic heterocycles. The summed E-state index contributed by atoms with van der Waals surface area (Å²) in [6.07, 6.45) is 8.57. The van der Waals surface area contributed by atoms with E-state index >= 15 is 0 Å². The van der Waals surface area contributed by atoms with Gasteiger partial charge in [0.25, 0.3) is 0 Å². The van der Waals surface area contributed by atoms with Crippen molar-refractivity contribution in [1.82, 2.24) is 4.90 Å². The fourth-order valence-electron chi connectivity index (χ4n) is 4.49. The first kappa shape index (κ1) is 12.3. The molecule has 1 aliphatic carbocycles. The van der Waals surface area contributed by atoms with E-state index < -0.39 is 0 Å². The molecule has 0 aromatic carbocycles. The number of fused-ring (bicyclic) bond motifs is 1. The van der Waals surface area contributed by atoms with Crippen molar-refractivity contribution < 1.29 is 0 Å². The van der Waals surface area contributed by atoms with Crippen molar-refractivity contribution in [1.29, 1.82) is 0 Å². The molecule has 4 atom stereocenters. The number of rotatable bonds is 2. The van der Waals surface area contributed by atoms with Crippen molar-refractivity contribution >= 4 is 11.8 Å². The second-order valence-electron chi connectivity index (χ2n) is 6.16. The van der Waals surface area contributed by atoms with Crippen LogP contribution in [0.5, 0.6) is 0 Å². The smallest absolute Gasteiger partial charge is 0.0458 e. The highest BCUT2D eigenvalue weighted by molar-refractivity contribution is 8.00. The summed E-state index contributed by atoms with van der Waals surface area (Å²) >= 11 is 2.13. The van der Waals surface area contributed by atoms with E-state index in [4.69, 9.17) is 5.73 Å². The molecular weight excluding hydrogens is 228 g/mol. The molecule has 3 rings (SSSR count). The lowest BCUT2D eigenvalue weighted by Crippen LogP contribution is -2.59. The Morgan fingerprint density at radius 3 is 2.82 bits per heavy atom. The van der Waals surface area contributed by atoms with Crippen LogP contribution in [0, 0.1) is 5.92 Å². The van der Waals surface area contributed by atoms with Crippen LogP contribution >= 0.6 is 11.8 Å².